The van der Waals surface area contributed by atoms with Crippen LogP contribution in [-0.2, 0) is 19.1 Å². The highest BCUT2D eigenvalue weighted by Gasteiger charge is 2.36. The van der Waals surface area contributed by atoms with E-state index in [1.54, 1.807) is 18.2 Å². The molecule has 1 aliphatic heterocycles. The van der Waals surface area contributed by atoms with E-state index in [4.69, 9.17) is 14.2 Å². The molecule has 1 aromatic rings. The fourth-order valence-corrected chi connectivity index (χ4v) is 2.24. The molecule has 2 rings (SSSR count). The minimum absolute atomic E-state index is 0.189. The van der Waals surface area contributed by atoms with Crippen LogP contribution in [0.2, 0.25) is 0 Å². The lowest BCUT2D eigenvalue weighted by molar-refractivity contribution is -0.151. The molecule has 0 saturated carbocycles. The van der Waals surface area contributed by atoms with E-state index in [1.165, 1.54) is 26.2 Å². The lowest BCUT2D eigenvalue weighted by atomic mass is 9.96. The second-order valence-corrected chi connectivity index (χ2v) is 5.09. The number of methoxy groups -OCH3 is 1. The Morgan fingerprint density at radius 1 is 1.29 bits per heavy atom. The maximum Gasteiger partial charge on any atom is 0.329 e. The molecular formula is C18H18O6. The summed E-state index contributed by atoms with van der Waals surface area (Å²) >= 11 is 0. The van der Waals surface area contributed by atoms with E-state index in [2.05, 4.69) is 0 Å². The molecule has 0 N–H and O–H groups in total. The van der Waals surface area contributed by atoms with Crippen LogP contribution in [0.4, 0.5) is 0 Å². The van der Waals surface area contributed by atoms with E-state index < -0.39 is 23.5 Å². The summed E-state index contributed by atoms with van der Waals surface area (Å²) in [4.78, 5) is 35.7. The molecule has 0 aliphatic carbocycles. The normalized spacial score (nSPS) is 17.5. The zero-order valence-corrected chi connectivity index (χ0v) is 13.7. The first-order valence-corrected chi connectivity index (χ1v) is 7.42. The number of hydrogen-bond acceptors (Lipinski definition) is 6. The standard InChI is InChI=1S/C18H18O6/c1-4-23-15-8-6-12(10-16(15)22-3)5-7-13(19)17-14(20)9-11(2)24-18(17)21/h5-10,17H,4H2,1-3H3. The number of hydrogen-bond donors (Lipinski definition) is 0. The summed E-state index contributed by atoms with van der Waals surface area (Å²) in [5, 5.41) is 0. The van der Waals surface area contributed by atoms with E-state index in [-0.39, 0.29) is 5.76 Å². The van der Waals surface area contributed by atoms with Crippen LogP contribution in [-0.4, -0.2) is 31.3 Å². The van der Waals surface area contributed by atoms with Crippen LogP contribution < -0.4 is 9.47 Å². The SMILES string of the molecule is CCOc1ccc(C=CC(=O)C2C(=O)C=C(C)OC2=O)cc1OC. The molecule has 0 spiro atoms. The van der Waals surface area contributed by atoms with Gasteiger partial charge in [-0.1, -0.05) is 12.1 Å². The Hall–Kier alpha value is -2.89. The van der Waals surface area contributed by atoms with Gasteiger partial charge < -0.3 is 14.2 Å². The molecule has 0 amide bonds. The largest absolute Gasteiger partial charge is 0.493 e. The highest BCUT2D eigenvalue weighted by Crippen LogP contribution is 2.28. The number of allylic oxidation sites excluding steroid dienone is 3. The van der Waals surface area contributed by atoms with Crippen LogP contribution in [0.3, 0.4) is 0 Å². The van der Waals surface area contributed by atoms with Crippen molar-refractivity contribution in [2.24, 2.45) is 5.92 Å². The smallest absolute Gasteiger partial charge is 0.329 e. The molecule has 1 aliphatic rings. The van der Waals surface area contributed by atoms with Gasteiger partial charge in [-0.05, 0) is 37.6 Å². The van der Waals surface area contributed by atoms with Gasteiger partial charge in [-0.3, -0.25) is 14.4 Å². The number of esters is 1. The molecule has 1 unspecified atom stereocenters. The third-order valence-electron chi connectivity index (χ3n) is 3.34. The average molecular weight is 330 g/mol. The maximum absolute atomic E-state index is 12.1. The van der Waals surface area contributed by atoms with E-state index in [0.29, 0.717) is 23.7 Å². The molecule has 0 aromatic heterocycles. The summed E-state index contributed by atoms with van der Waals surface area (Å²) in [6.45, 7) is 3.85. The molecule has 1 atom stereocenters. The predicted molar refractivity (Wildman–Crippen MR) is 86.6 cm³/mol. The molecule has 126 valence electrons. The van der Waals surface area contributed by atoms with Gasteiger partial charge in [0.05, 0.1) is 13.7 Å². The number of carbonyl (C=O) groups is 3. The van der Waals surface area contributed by atoms with Crippen LogP contribution in [0.5, 0.6) is 11.5 Å². The van der Waals surface area contributed by atoms with Crippen molar-refractivity contribution in [3.8, 4) is 11.5 Å². The monoisotopic (exact) mass is 330 g/mol. The van der Waals surface area contributed by atoms with Gasteiger partial charge in [0.15, 0.2) is 29.0 Å². The summed E-state index contributed by atoms with van der Waals surface area (Å²) in [6, 6.07) is 5.15. The van der Waals surface area contributed by atoms with Crippen molar-refractivity contribution in [2.45, 2.75) is 13.8 Å². The van der Waals surface area contributed by atoms with Crippen LogP contribution in [0.1, 0.15) is 19.4 Å². The Morgan fingerprint density at radius 2 is 2.04 bits per heavy atom. The molecule has 0 fully saturated rings. The lowest BCUT2D eigenvalue weighted by Crippen LogP contribution is -2.34. The first kappa shape index (κ1) is 17.5. The van der Waals surface area contributed by atoms with Crippen LogP contribution in [0, 0.1) is 5.92 Å². The van der Waals surface area contributed by atoms with Crippen molar-refractivity contribution in [1.29, 1.82) is 0 Å². The predicted octanol–water partition coefficient (Wildman–Crippen LogP) is 2.32. The second-order valence-electron chi connectivity index (χ2n) is 5.09. The van der Waals surface area contributed by atoms with Gasteiger partial charge in [-0.25, -0.2) is 0 Å². The Balaban J connectivity index is 2.17. The van der Waals surface area contributed by atoms with Crippen LogP contribution in [0.15, 0.2) is 36.1 Å². The molecule has 0 saturated heterocycles. The molecule has 6 nitrogen and oxygen atoms in total. The third kappa shape index (κ3) is 3.90. The van der Waals surface area contributed by atoms with Crippen LogP contribution in [0.25, 0.3) is 6.08 Å². The molecule has 24 heavy (non-hydrogen) atoms. The highest BCUT2D eigenvalue weighted by atomic mass is 16.5. The van der Waals surface area contributed by atoms with Gasteiger partial charge in [0, 0.05) is 6.08 Å². The number of ketones is 2. The summed E-state index contributed by atoms with van der Waals surface area (Å²) in [6.07, 6.45) is 3.84. The summed E-state index contributed by atoms with van der Waals surface area (Å²) in [7, 11) is 1.52. The topological polar surface area (TPSA) is 78.9 Å². The zero-order chi connectivity index (χ0) is 17.7. The van der Waals surface area contributed by atoms with Gasteiger partial charge in [0.1, 0.15) is 5.76 Å². The Bertz CT molecular complexity index is 729. The minimum atomic E-state index is -1.44. The second kappa shape index (κ2) is 7.59. The van der Waals surface area contributed by atoms with Gasteiger partial charge in [0.2, 0.25) is 0 Å². The number of cyclic esters (lactones) is 1. The molecule has 1 aromatic carbocycles. The zero-order valence-electron chi connectivity index (χ0n) is 13.7. The number of rotatable bonds is 6. The number of benzene rings is 1. The fourth-order valence-electron chi connectivity index (χ4n) is 2.24. The van der Waals surface area contributed by atoms with Crippen molar-refractivity contribution >= 4 is 23.6 Å². The van der Waals surface area contributed by atoms with Crippen molar-refractivity contribution in [1.82, 2.24) is 0 Å². The fraction of sp³-hybridized carbons (Fsp3) is 0.278. The molecule has 0 bridgehead atoms. The Morgan fingerprint density at radius 3 is 2.67 bits per heavy atom. The quantitative estimate of drug-likeness (QED) is 0.452. The Kier molecular flexibility index (Phi) is 5.52. The van der Waals surface area contributed by atoms with Gasteiger partial charge in [0.25, 0.3) is 0 Å². The number of carbonyl (C=O) groups excluding carboxylic acids is 3. The summed E-state index contributed by atoms with van der Waals surface area (Å²) in [5.41, 5.74) is 0.673. The lowest BCUT2D eigenvalue weighted by Gasteiger charge is -2.15. The van der Waals surface area contributed by atoms with Gasteiger partial charge in [-0.2, -0.15) is 0 Å². The molecule has 1 heterocycles. The van der Waals surface area contributed by atoms with Crippen molar-refractivity contribution < 1.29 is 28.6 Å². The van der Waals surface area contributed by atoms with Crippen molar-refractivity contribution in [2.75, 3.05) is 13.7 Å². The molecule has 6 heteroatoms. The van der Waals surface area contributed by atoms with E-state index >= 15 is 0 Å². The van der Waals surface area contributed by atoms with E-state index in [9.17, 15) is 14.4 Å². The van der Waals surface area contributed by atoms with E-state index in [0.717, 1.165) is 6.08 Å². The first-order chi connectivity index (χ1) is 11.5. The molecule has 0 radical (unpaired) electrons. The van der Waals surface area contributed by atoms with Gasteiger partial charge in [-0.15, -0.1) is 0 Å². The Labute approximate surface area is 139 Å². The maximum atomic E-state index is 12.1. The van der Waals surface area contributed by atoms with Crippen LogP contribution >= 0.6 is 0 Å². The minimum Gasteiger partial charge on any atom is -0.493 e. The average Bonchev–Trinajstić information content (AvgIpc) is 2.53. The third-order valence-corrected chi connectivity index (χ3v) is 3.34. The van der Waals surface area contributed by atoms with Gasteiger partial charge >= 0.3 is 5.97 Å². The van der Waals surface area contributed by atoms with E-state index in [1.807, 2.05) is 6.92 Å². The number of ether oxygens (including phenoxy) is 3. The summed E-state index contributed by atoms with van der Waals surface area (Å²) < 4.78 is 15.5. The molecular weight excluding hydrogens is 312 g/mol. The highest BCUT2D eigenvalue weighted by molar-refractivity contribution is 6.25. The first-order valence-electron chi connectivity index (χ1n) is 7.42. The van der Waals surface area contributed by atoms with Crippen molar-refractivity contribution in [3.05, 3.63) is 41.7 Å². The van der Waals surface area contributed by atoms with Crippen molar-refractivity contribution in [3.63, 3.8) is 0 Å². The summed E-state index contributed by atoms with van der Waals surface area (Å²) in [5.74, 6) is -2.17.